The summed E-state index contributed by atoms with van der Waals surface area (Å²) in [5.41, 5.74) is 2.44. The van der Waals surface area contributed by atoms with E-state index in [0.717, 1.165) is 30.5 Å². The molecule has 0 aliphatic carbocycles. The van der Waals surface area contributed by atoms with Crippen LogP contribution < -0.4 is 16.2 Å². The first kappa shape index (κ1) is 19.8. The molecule has 7 heteroatoms. The van der Waals surface area contributed by atoms with Gasteiger partial charge in [0.25, 0.3) is 11.5 Å². The van der Waals surface area contributed by atoms with E-state index in [1.54, 1.807) is 36.4 Å². The fourth-order valence-electron chi connectivity index (χ4n) is 3.72. The zero-order chi connectivity index (χ0) is 21.1. The maximum Gasteiger partial charge on any atom is 0.276 e. The topological polar surface area (TPSA) is 93.1 Å². The molecule has 0 saturated carbocycles. The highest BCUT2D eigenvalue weighted by atomic mass is 16.2. The summed E-state index contributed by atoms with van der Waals surface area (Å²) in [6.45, 7) is 2.58. The Bertz CT molecular complexity index is 1180. The van der Waals surface area contributed by atoms with Gasteiger partial charge >= 0.3 is 0 Å². The van der Waals surface area contributed by atoms with Crippen LogP contribution in [-0.4, -0.2) is 21.6 Å². The lowest BCUT2D eigenvalue weighted by atomic mass is 10.0. The highest BCUT2D eigenvalue weighted by Gasteiger charge is 2.19. The van der Waals surface area contributed by atoms with E-state index in [1.165, 1.54) is 4.68 Å². The molecule has 2 heterocycles. The molecule has 0 spiro atoms. The number of nitrogens with zero attached hydrogens (tertiary/aromatic N) is 2. The Balaban J connectivity index is 1.66. The smallest absolute Gasteiger partial charge is 0.276 e. The Hall–Kier alpha value is -3.48. The number of aryl methyl sites for hydroxylation is 2. The first-order valence-corrected chi connectivity index (χ1v) is 10.3. The van der Waals surface area contributed by atoms with Gasteiger partial charge in [0.1, 0.15) is 0 Å². The third-order valence-corrected chi connectivity index (χ3v) is 5.31. The zero-order valence-corrected chi connectivity index (χ0v) is 16.9. The Morgan fingerprint density at radius 1 is 1.10 bits per heavy atom. The Morgan fingerprint density at radius 3 is 2.70 bits per heavy atom. The fraction of sp³-hybridized carbons (Fsp3) is 0.304. The van der Waals surface area contributed by atoms with Gasteiger partial charge in [-0.1, -0.05) is 38.0 Å². The standard InChI is InChI=1S/C23H24N4O3/c1-2-3-6-13-27-23(30)18-8-5-4-7-17(18)21(26-27)22(29)24-16-10-11-19-15(14-16)9-12-20(28)25-19/h4-5,7-8,10-11,14H,2-3,6,9,12-13H2,1H3,(H,24,29)(H,25,28). The average molecular weight is 404 g/mol. The third kappa shape index (κ3) is 3.96. The second-order valence-corrected chi connectivity index (χ2v) is 7.50. The van der Waals surface area contributed by atoms with Crippen LogP contribution in [-0.2, 0) is 17.8 Å². The molecule has 1 aliphatic heterocycles. The van der Waals surface area contributed by atoms with Crippen molar-refractivity contribution in [3.8, 4) is 0 Å². The number of aromatic nitrogens is 2. The van der Waals surface area contributed by atoms with Crippen LogP contribution in [0.5, 0.6) is 0 Å². The van der Waals surface area contributed by atoms with Gasteiger partial charge in [-0.05, 0) is 42.7 Å². The summed E-state index contributed by atoms with van der Waals surface area (Å²) < 4.78 is 1.40. The van der Waals surface area contributed by atoms with Gasteiger partial charge in [0.2, 0.25) is 5.91 Å². The molecule has 1 aliphatic rings. The quantitative estimate of drug-likeness (QED) is 0.612. The molecule has 0 radical (unpaired) electrons. The minimum Gasteiger partial charge on any atom is -0.326 e. The van der Waals surface area contributed by atoms with E-state index in [1.807, 2.05) is 6.07 Å². The highest BCUT2D eigenvalue weighted by molar-refractivity contribution is 6.11. The van der Waals surface area contributed by atoms with Crippen molar-refractivity contribution in [2.24, 2.45) is 0 Å². The number of carbonyl (C=O) groups is 2. The summed E-state index contributed by atoms with van der Waals surface area (Å²) >= 11 is 0. The summed E-state index contributed by atoms with van der Waals surface area (Å²) in [7, 11) is 0. The number of carbonyl (C=O) groups excluding carboxylic acids is 2. The first-order chi connectivity index (χ1) is 14.6. The van der Waals surface area contributed by atoms with E-state index >= 15 is 0 Å². The van der Waals surface area contributed by atoms with Crippen molar-refractivity contribution in [3.05, 3.63) is 64.1 Å². The molecule has 2 aromatic carbocycles. The van der Waals surface area contributed by atoms with Crippen molar-refractivity contribution in [2.75, 3.05) is 10.6 Å². The number of hydrogen-bond donors (Lipinski definition) is 2. The van der Waals surface area contributed by atoms with Crippen LogP contribution in [0.1, 0.15) is 48.7 Å². The fourth-order valence-corrected chi connectivity index (χ4v) is 3.72. The van der Waals surface area contributed by atoms with Crippen LogP contribution in [0, 0.1) is 0 Å². The second-order valence-electron chi connectivity index (χ2n) is 7.50. The van der Waals surface area contributed by atoms with Crippen molar-refractivity contribution >= 4 is 34.0 Å². The van der Waals surface area contributed by atoms with Gasteiger partial charge in [-0.25, -0.2) is 4.68 Å². The van der Waals surface area contributed by atoms with Gasteiger partial charge in [-0.3, -0.25) is 14.4 Å². The van der Waals surface area contributed by atoms with E-state index < -0.39 is 0 Å². The molecular formula is C23H24N4O3. The van der Waals surface area contributed by atoms with Gasteiger partial charge in [0, 0.05) is 29.7 Å². The molecule has 1 aromatic heterocycles. The predicted octanol–water partition coefficient (Wildman–Crippen LogP) is 3.72. The molecule has 154 valence electrons. The van der Waals surface area contributed by atoms with Crippen LogP contribution in [0.2, 0.25) is 0 Å². The minimum absolute atomic E-state index is 0.000264. The number of fused-ring (bicyclic) bond motifs is 2. The van der Waals surface area contributed by atoms with Crippen molar-refractivity contribution in [1.82, 2.24) is 9.78 Å². The lowest BCUT2D eigenvalue weighted by molar-refractivity contribution is -0.116. The Labute approximate surface area is 174 Å². The van der Waals surface area contributed by atoms with Gasteiger partial charge in [0.05, 0.1) is 5.39 Å². The van der Waals surface area contributed by atoms with Crippen LogP contribution in [0.4, 0.5) is 11.4 Å². The molecule has 2 N–H and O–H groups in total. The molecule has 30 heavy (non-hydrogen) atoms. The molecule has 0 saturated heterocycles. The number of benzene rings is 2. The maximum atomic E-state index is 13.1. The van der Waals surface area contributed by atoms with E-state index in [-0.39, 0.29) is 23.1 Å². The molecule has 2 amide bonds. The second kappa shape index (κ2) is 8.49. The maximum absolute atomic E-state index is 13.1. The average Bonchev–Trinajstić information content (AvgIpc) is 2.75. The summed E-state index contributed by atoms with van der Waals surface area (Å²) in [6.07, 6.45) is 3.93. The molecular weight excluding hydrogens is 380 g/mol. The largest absolute Gasteiger partial charge is 0.326 e. The van der Waals surface area contributed by atoms with Gasteiger partial charge < -0.3 is 10.6 Å². The monoisotopic (exact) mass is 404 g/mol. The summed E-state index contributed by atoms with van der Waals surface area (Å²) in [6, 6.07) is 12.5. The normalized spacial score (nSPS) is 13.0. The van der Waals surface area contributed by atoms with E-state index in [2.05, 4.69) is 22.7 Å². The van der Waals surface area contributed by atoms with E-state index in [9.17, 15) is 14.4 Å². The van der Waals surface area contributed by atoms with Crippen molar-refractivity contribution in [1.29, 1.82) is 0 Å². The molecule has 0 atom stereocenters. The first-order valence-electron chi connectivity index (χ1n) is 10.3. The van der Waals surface area contributed by atoms with Gasteiger partial charge in [-0.15, -0.1) is 0 Å². The number of unbranched alkanes of at least 4 members (excludes halogenated alkanes) is 2. The highest BCUT2D eigenvalue weighted by Crippen LogP contribution is 2.26. The Kier molecular flexibility index (Phi) is 5.61. The van der Waals surface area contributed by atoms with Crippen LogP contribution in [0.3, 0.4) is 0 Å². The number of anilines is 2. The predicted molar refractivity (Wildman–Crippen MR) is 117 cm³/mol. The lowest BCUT2D eigenvalue weighted by Crippen LogP contribution is -2.28. The van der Waals surface area contributed by atoms with Crippen LogP contribution >= 0.6 is 0 Å². The van der Waals surface area contributed by atoms with Crippen molar-refractivity contribution in [2.45, 2.75) is 45.6 Å². The van der Waals surface area contributed by atoms with Gasteiger partial charge in [0.15, 0.2) is 5.69 Å². The zero-order valence-electron chi connectivity index (χ0n) is 16.9. The SMILES string of the molecule is CCCCCn1nc(C(=O)Nc2ccc3c(c2)CCC(=O)N3)c2ccccc2c1=O. The third-order valence-electron chi connectivity index (χ3n) is 5.31. The van der Waals surface area contributed by atoms with Gasteiger partial charge in [-0.2, -0.15) is 5.10 Å². The van der Waals surface area contributed by atoms with Crippen LogP contribution in [0.25, 0.3) is 10.8 Å². The summed E-state index contributed by atoms with van der Waals surface area (Å²) in [5.74, 6) is -0.365. The lowest BCUT2D eigenvalue weighted by Gasteiger charge is -2.18. The molecule has 3 aromatic rings. The summed E-state index contributed by atoms with van der Waals surface area (Å²) in [4.78, 5) is 37.4. The summed E-state index contributed by atoms with van der Waals surface area (Å²) in [5, 5.41) is 11.2. The van der Waals surface area contributed by atoms with E-state index in [4.69, 9.17) is 0 Å². The number of amides is 2. The van der Waals surface area contributed by atoms with Crippen LogP contribution in [0.15, 0.2) is 47.3 Å². The number of hydrogen-bond acceptors (Lipinski definition) is 4. The van der Waals surface area contributed by atoms with Crippen molar-refractivity contribution < 1.29 is 9.59 Å². The van der Waals surface area contributed by atoms with E-state index in [0.29, 0.717) is 35.8 Å². The molecule has 7 nitrogen and oxygen atoms in total. The molecule has 0 bridgehead atoms. The number of rotatable bonds is 6. The molecule has 0 fully saturated rings. The van der Waals surface area contributed by atoms with Crippen molar-refractivity contribution in [3.63, 3.8) is 0 Å². The minimum atomic E-state index is -0.366. The Morgan fingerprint density at radius 2 is 1.90 bits per heavy atom. The molecule has 0 unspecified atom stereocenters. The number of nitrogens with one attached hydrogen (secondary N) is 2. The molecule has 4 rings (SSSR count).